The highest BCUT2D eigenvalue weighted by Crippen LogP contribution is 2.29. The Kier molecular flexibility index (Phi) is 4.95. The summed E-state index contributed by atoms with van der Waals surface area (Å²) in [5, 5.41) is 3.35. The molecule has 0 spiro atoms. The van der Waals surface area contributed by atoms with Crippen LogP contribution in [0.5, 0.6) is 0 Å². The number of carbonyl (C=O) groups is 2. The second-order valence-electron chi connectivity index (χ2n) is 7.60. The van der Waals surface area contributed by atoms with Crippen LogP contribution in [0.4, 0.5) is 5.69 Å². The number of nitrogens with one attached hydrogen (secondary N) is 1. The molecule has 0 aromatic heterocycles. The normalized spacial score (nSPS) is 15.3. The lowest BCUT2D eigenvalue weighted by molar-refractivity contribution is -0.129. The van der Waals surface area contributed by atoms with Crippen LogP contribution in [-0.2, 0) is 9.59 Å². The summed E-state index contributed by atoms with van der Waals surface area (Å²) in [6.45, 7) is 5.65. The smallest absolute Gasteiger partial charge is 0.160 e. The predicted octanol–water partition coefficient (Wildman–Crippen LogP) is 4.52. The zero-order valence-corrected chi connectivity index (χ0v) is 15.4. The number of para-hydroxylation sites is 1. The van der Waals surface area contributed by atoms with E-state index >= 15 is 0 Å². The van der Waals surface area contributed by atoms with E-state index in [-0.39, 0.29) is 24.4 Å². The summed E-state index contributed by atoms with van der Waals surface area (Å²) < 4.78 is 0. The van der Waals surface area contributed by atoms with Gasteiger partial charge in [-0.05, 0) is 23.8 Å². The first-order valence-corrected chi connectivity index (χ1v) is 8.89. The number of Topliss-reactive ketones (excluding diaryl/α,β-unsaturated/α-hetero) is 2. The van der Waals surface area contributed by atoms with Crippen molar-refractivity contribution in [1.29, 1.82) is 0 Å². The van der Waals surface area contributed by atoms with Crippen molar-refractivity contribution >= 4 is 17.3 Å². The van der Waals surface area contributed by atoms with Gasteiger partial charge in [0.15, 0.2) is 5.78 Å². The molecule has 132 valence electrons. The molecule has 1 atom stereocenters. The van der Waals surface area contributed by atoms with Gasteiger partial charge in [-0.2, -0.15) is 0 Å². The summed E-state index contributed by atoms with van der Waals surface area (Å²) in [5.41, 5.74) is 2.99. The van der Waals surface area contributed by atoms with Crippen LogP contribution in [0.3, 0.4) is 0 Å². The van der Waals surface area contributed by atoms with Crippen LogP contribution >= 0.6 is 0 Å². The average molecular weight is 345 g/mol. The van der Waals surface area contributed by atoms with Crippen molar-refractivity contribution in [2.45, 2.75) is 39.7 Å². The third kappa shape index (κ3) is 3.86. The molecule has 0 bridgehead atoms. The molecule has 0 amide bonds. The first-order valence-electron chi connectivity index (χ1n) is 8.89. The van der Waals surface area contributed by atoms with Crippen molar-refractivity contribution in [3.8, 4) is 11.8 Å². The van der Waals surface area contributed by atoms with Gasteiger partial charge in [-0.3, -0.25) is 9.59 Å². The summed E-state index contributed by atoms with van der Waals surface area (Å²) in [6.07, 6.45) is 0.480. The summed E-state index contributed by atoms with van der Waals surface area (Å²) >= 11 is 0. The number of hydrogen-bond donors (Lipinski definition) is 1. The number of ketones is 2. The van der Waals surface area contributed by atoms with Crippen molar-refractivity contribution in [3.05, 3.63) is 65.2 Å². The van der Waals surface area contributed by atoms with Crippen LogP contribution in [0, 0.1) is 17.3 Å². The quantitative estimate of drug-likeness (QED) is 0.829. The van der Waals surface area contributed by atoms with E-state index in [4.69, 9.17) is 0 Å². The maximum absolute atomic E-state index is 13.0. The molecule has 3 nitrogen and oxygen atoms in total. The fourth-order valence-corrected chi connectivity index (χ4v) is 2.96. The van der Waals surface area contributed by atoms with E-state index in [9.17, 15) is 9.59 Å². The van der Waals surface area contributed by atoms with E-state index in [0.717, 1.165) is 22.4 Å². The molecule has 2 aromatic carbocycles. The van der Waals surface area contributed by atoms with Gasteiger partial charge < -0.3 is 5.32 Å². The summed E-state index contributed by atoms with van der Waals surface area (Å²) in [6, 6.07) is 14.9. The van der Waals surface area contributed by atoms with Crippen molar-refractivity contribution in [3.63, 3.8) is 0 Å². The molecular weight excluding hydrogens is 322 g/mol. The summed E-state index contributed by atoms with van der Waals surface area (Å²) in [7, 11) is 0. The maximum atomic E-state index is 13.0. The van der Waals surface area contributed by atoms with Crippen LogP contribution in [0.2, 0.25) is 0 Å². The standard InChI is InChI=1S/C23H23NO2/c1-23(2,3)21(26)15-14-20(25)22-18-10-6-4-8-16(18)12-13-17-9-5-7-11-19(17)24-22/h4-11,22,24H,14-15H2,1-3H3. The number of hydrogen-bond acceptors (Lipinski definition) is 3. The Morgan fingerprint density at radius 1 is 0.923 bits per heavy atom. The van der Waals surface area contributed by atoms with E-state index in [0.29, 0.717) is 0 Å². The van der Waals surface area contributed by atoms with Crippen LogP contribution in [0.15, 0.2) is 48.5 Å². The topological polar surface area (TPSA) is 46.2 Å². The third-order valence-corrected chi connectivity index (χ3v) is 4.59. The van der Waals surface area contributed by atoms with E-state index < -0.39 is 11.5 Å². The van der Waals surface area contributed by atoms with Crippen molar-refractivity contribution in [2.75, 3.05) is 5.32 Å². The molecule has 0 saturated carbocycles. The second kappa shape index (κ2) is 7.17. The SMILES string of the molecule is CC(C)(C)C(=O)CCC(=O)C1Nc2ccccc2C#Cc2ccccc21. The fourth-order valence-electron chi connectivity index (χ4n) is 2.96. The number of anilines is 1. The van der Waals surface area contributed by atoms with Crippen molar-refractivity contribution in [1.82, 2.24) is 0 Å². The number of rotatable bonds is 4. The van der Waals surface area contributed by atoms with Crippen molar-refractivity contribution < 1.29 is 9.59 Å². The van der Waals surface area contributed by atoms with E-state index in [2.05, 4.69) is 17.2 Å². The molecule has 0 fully saturated rings. The Morgan fingerprint density at radius 2 is 1.54 bits per heavy atom. The number of fused-ring (bicyclic) bond motifs is 2. The van der Waals surface area contributed by atoms with Gasteiger partial charge >= 0.3 is 0 Å². The lowest BCUT2D eigenvalue weighted by Crippen LogP contribution is -2.26. The lowest BCUT2D eigenvalue weighted by Gasteiger charge is -2.23. The highest BCUT2D eigenvalue weighted by Gasteiger charge is 2.27. The highest BCUT2D eigenvalue weighted by atomic mass is 16.1. The minimum atomic E-state index is -0.505. The average Bonchev–Trinajstić information content (AvgIpc) is 2.60. The first-order chi connectivity index (χ1) is 12.4. The molecule has 1 aliphatic heterocycles. The molecule has 1 heterocycles. The minimum absolute atomic E-state index is 0.00792. The Bertz CT molecular complexity index is 910. The highest BCUT2D eigenvalue weighted by molar-refractivity contribution is 5.93. The van der Waals surface area contributed by atoms with Crippen LogP contribution < -0.4 is 5.32 Å². The zero-order valence-electron chi connectivity index (χ0n) is 15.4. The van der Waals surface area contributed by atoms with Gasteiger partial charge in [0.2, 0.25) is 0 Å². The first kappa shape index (κ1) is 17.9. The molecule has 2 aromatic rings. The van der Waals surface area contributed by atoms with Gasteiger partial charge in [0.25, 0.3) is 0 Å². The largest absolute Gasteiger partial charge is 0.371 e. The van der Waals surface area contributed by atoms with E-state index in [1.165, 1.54) is 0 Å². The molecule has 26 heavy (non-hydrogen) atoms. The zero-order chi connectivity index (χ0) is 18.7. The molecule has 1 aliphatic rings. The Morgan fingerprint density at radius 3 is 2.27 bits per heavy atom. The number of carbonyl (C=O) groups excluding carboxylic acids is 2. The molecule has 3 heteroatoms. The fraction of sp³-hybridized carbons (Fsp3) is 0.304. The molecule has 1 unspecified atom stereocenters. The van der Waals surface area contributed by atoms with Crippen molar-refractivity contribution in [2.24, 2.45) is 5.41 Å². The Balaban J connectivity index is 1.92. The maximum Gasteiger partial charge on any atom is 0.160 e. The third-order valence-electron chi connectivity index (χ3n) is 4.59. The van der Waals surface area contributed by atoms with Gasteiger partial charge in [0.1, 0.15) is 11.8 Å². The molecular formula is C23H23NO2. The van der Waals surface area contributed by atoms with Gasteiger partial charge in [0, 0.05) is 29.4 Å². The summed E-state index contributed by atoms with van der Waals surface area (Å²) in [5.74, 6) is 6.47. The van der Waals surface area contributed by atoms with Crippen LogP contribution in [-0.4, -0.2) is 11.6 Å². The molecule has 0 aliphatic carbocycles. The second-order valence-corrected chi connectivity index (χ2v) is 7.60. The van der Waals surface area contributed by atoms with Gasteiger partial charge in [0.05, 0.1) is 5.69 Å². The number of benzene rings is 2. The van der Waals surface area contributed by atoms with E-state index in [1.54, 1.807) is 0 Å². The summed E-state index contributed by atoms with van der Waals surface area (Å²) in [4.78, 5) is 25.2. The molecule has 1 N–H and O–H groups in total. The van der Waals surface area contributed by atoms with Gasteiger partial charge in [-0.1, -0.05) is 62.9 Å². The van der Waals surface area contributed by atoms with E-state index in [1.807, 2.05) is 69.3 Å². The van der Waals surface area contributed by atoms with Crippen LogP contribution in [0.1, 0.15) is 56.3 Å². The minimum Gasteiger partial charge on any atom is -0.371 e. The molecule has 3 rings (SSSR count). The Hall–Kier alpha value is -2.86. The monoisotopic (exact) mass is 345 g/mol. The lowest BCUT2D eigenvalue weighted by atomic mass is 9.86. The predicted molar refractivity (Wildman–Crippen MR) is 104 cm³/mol. The molecule has 0 saturated heterocycles. The van der Waals surface area contributed by atoms with Crippen LogP contribution in [0.25, 0.3) is 0 Å². The van der Waals surface area contributed by atoms with Gasteiger partial charge in [-0.25, -0.2) is 0 Å². The van der Waals surface area contributed by atoms with Gasteiger partial charge in [-0.15, -0.1) is 0 Å². The Labute approximate surface area is 154 Å². The molecule has 0 radical (unpaired) electrons.